The summed E-state index contributed by atoms with van der Waals surface area (Å²) in [7, 11) is 3.65. The number of carbonyl (C=O) groups is 4. The molecule has 0 radical (unpaired) electrons. The van der Waals surface area contributed by atoms with Crippen LogP contribution < -0.4 is 5.73 Å². The van der Waals surface area contributed by atoms with Gasteiger partial charge in [0.2, 0.25) is 5.78 Å². The van der Waals surface area contributed by atoms with Crippen molar-refractivity contribution in [3.63, 3.8) is 0 Å². The average Bonchev–Trinajstić information content (AvgIpc) is 2.74. The van der Waals surface area contributed by atoms with Crippen LogP contribution in [0.15, 0.2) is 34.8 Å². The van der Waals surface area contributed by atoms with E-state index >= 15 is 0 Å². The minimum atomic E-state index is -2.61. The molecule has 1 aromatic rings. The number of hydrogen-bond donors (Lipinski definition) is 5. The van der Waals surface area contributed by atoms with E-state index in [2.05, 4.69) is 0 Å². The van der Waals surface area contributed by atoms with Crippen molar-refractivity contribution >= 4 is 23.3 Å². The number of benzene rings is 1. The Bertz CT molecular complexity index is 1210. The van der Waals surface area contributed by atoms with Gasteiger partial charge in [-0.05, 0) is 50.6 Å². The number of aliphatic hydroxyl groups excluding tert-OH is 2. The summed E-state index contributed by atoms with van der Waals surface area (Å²) in [4.78, 5) is 52.8. The fourth-order valence-electron chi connectivity index (χ4n) is 5.34. The molecule has 1 amide bonds. The number of nitrogens with two attached hydrogens (primary N) is 1. The number of nitrogens with zero attached hydrogens (tertiary/aromatic N) is 1. The van der Waals surface area contributed by atoms with Gasteiger partial charge in [-0.25, -0.2) is 0 Å². The predicted molar refractivity (Wildman–Crippen MR) is 118 cm³/mol. The summed E-state index contributed by atoms with van der Waals surface area (Å²) in [6, 6.07) is 2.70. The molecular formula is C24H26N2O8. The van der Waals surface area contributed by atoms with Gasteiger partial charge in [-0.1, -0.05) is 0 Å². The van der Waals surface area contributed by atoms with Crippen molar-refractivity contribution in [3.05, 3.63) is 51.5 Å². The Balaban J connectivity index is 1.83. The Kier molecular flexibility index (Phi) is 5.61. The number of allylic oxidation sites excluding steroid dienone is 2. The third-order valence-corrected chi connectivity index (χ3v) is 7.03. The highest BCUT2D eigenvalue weighted by Gasteiger charge is 2.59. The molecule has 0 bridgehead atoms. The van der Waals surface area contributed by atoms with E-state index in [4.69, 9.17) is 5.73 Å². The first-order chi connectivity index (χ1) is 15.9. The highest BCUT2D eigenvalue weighted by Crippen LogP contribution is 2.51. The van der Waals surface area contributed by atoms with Crippen LogP contribution in [0, 0.1) is 11.8 Å². The van der Waals surface area contributed by atoms with Gasteiger partial charge >= 0.3 is 0 Å². The fraction of sp³-hybridized carbons (Fsp3) is 0.417. The normalized spacial score (nSPS) is 26.4. The molecule has 0 unspecified atom stereocenters. The standard InChI is InChI=1S/C24H26N2O8/c1-26(2)6-5-14(27)12-3-4-15(28)18-13(12)8-10-7-11-9-16(29)19(23(25)33)22(32)24(11,34)21(31)17(10)20(18)30/h3-4,10-11,28-29,31,34H,5-9H2,1-2H3,(H2,25,33)/t10-,11+,24+/m1/s1. The Labute approximate surface area is 195 Å². The fourth-order valence-corrected chi connectivity index (χ4v) is 5.34. The molecular weight excluding hydrogens is 444 g/mol. The predicted octanol–water partition coefficient (Wildman–Crippen LogP) is 0.715. The van der Waals surface area contributed by atoms with E-state index in [1.807, 2.05) is 19.0 Å². The molecule has 10 heteroatoms. The summed E-state index contributed by atoms with van der Waals surface area (Å²) in [6.07, 6.45) is 0.0161. The van der Waals surface area contributed by atoms with Crippen LogP contribution in [-0.2, 0) is 16.0 Å². The van der Waals surface area contributed by atoms with E-state index in [0.717, 1.165) is 0 Å². The van der Waals surface area contributed by atoms with Crippen LogP contribution in [0.25, 0.3) is 0 Å². The third kappa shape index (κ3) is 3.33. The van der Waals surface area contributed by atoms with Gasteiger partial charge in [0, 0.05) is 36.4 Å². The molecule has 4 rings (SSSR count). The first-order valence-electron chi connectivity index (χ1n) is 10.9. The van der Waals surface area contributed by atoms with Crippen molar-refractivity contribution in [3.8, 4) is 5.75 Å². The first-order valence-corrected chi connectivity index (χ1v) is 10.9. The van der Waals surface area contributed by atoms with E-state index in [-0.39, 0.29) is 48.4 Å². The van der Waals surface area contributed by atoms with E-state index in [1.165, 1.54) is 12.1 Å². The molecule has 0 aromatic heterocycles. The number of phenolic OH excluding ortho intramolecular Hbond substituents is 1. The zero-order valence-corrected chi connectivity index (χ0v) is 18.8. The van der Waals surface area contributed by atoms with Gasteiger partial charge in [-0.3, -0.25) is 19.2 Å². The quantitative estimate of drug-likeness (QED) is 0.306. The largest absolute Gasteiger partial charge is 0.511 e. The smallest absolute Gasteiger partial charge is 0.255 e. The average molecular weight is 470 g/mol. The molecule has 3 aliphatic carbocycles. The number of fused-ring (bicyclic) bond motifs is 3. The number of aliphatic hydroxyl groups is 3. The summed E-state index contributed by atoms with van der Waals surface area (Å²) in [5.41, 5.74) is 1.99. The minimum Gasteiger partial charge on any atom is -0.511 e. The zero-order valence-electron chi connectivity index (χ0n) is 18.8. The number of Topliss-reactive ketones (excluding diaryl/α,β-unsaturated/α-hetero) is 3. The van der Waals surface area contributed by atoms with Crippen LogP contribution in [0.4, 0.5) is 0 Å². The summed E-state index contributed by atoms with van der Waals surface area (Å²) in [5.74, 6) is -7.11. The maximum atomic E-state index is 13.5. The second-order valence-corrected chi connectivity index (χ2v) is 9.37. The van der Waals surface area contributed by atoms with Crippen molar-refractivity contribution in [2.75, 3.05) is 20.6 Å². The lowest BCUT2D eigenvalue weighted by molar-refractivity contribution is -0.144. The molecule has 0 saturated carbocycles. The maximum absolute atomic E-state index is 13.5. The van der Waals surface area contributed by atoms with Gasteiger partial charge in [0.1, 0.15) is 22.8 Å². The molecule has 6 N–H and O–H groups in total. The molecule has 0 saturated heterocycles. The van der Waals surface area contributed by atoms with Crippen LogP contribution >= 0.6 is 0 Å². The van der Waals surface area contributed by atoms with Crippen LogP contribution in [0.3, 0.4) is 0 Å². The van der Waals surface area contributed by atoms with Crippen molar-refractivity contribution in [2.45, 2.75) is 31.3 Å². The lowest BCUT2D eigenvalue weighted by Crippen LogP contribution is -2.57. The monoisotopic (exact) mass is 470 g/mol. The number of primary amides is 1. The lowest BCUT2D eigenvalue weighted by Gasteiger charge is -2.45. The van der Waals surface area contributed by atoms with E-state index in [1.54, 1.807) is 0 Å². The van der Waals surface area contributed by atoms with Crippen molar-refractivity contribution in [1.29, 1.82) is 0 Å². The van der Waals surface area contributed by atoms with Crippen molar-refractivity contribution < 1.29 is 39.6 Å². The SMILES string of the molecule is CN(C)CCC(=O)c1ccc(O)c2c1C[C@H]1C[C@H]3CC(O)=C(C(N)=O)C(=O)[C@@]3(O)C(O)=C1C2=O. The van der Waals surface area contributed by atoms with Gasteiger partial charge in [0.25, 0.3) is 5.91 Å². The highest BCUT2D eigenvalue weighted by atomic mass is 16.3. The minimum absolute atomic E-state index is 0.0178. The van der Waals surface area contributed by atoms with Crippen LogP contribution in [0.5, 0.6) is 5.75 Å². The Morgan fingerprint density at radius 2 is 1.82 bits per heavy atom. The van der Waals surface area contributed by atoms with Gasteiger partial charge in [-0.2, -0.15) is 0 Å². The molecule has 3 atom stereocenters. The van der Waals surface area contributed by atoms with Crippen molar-refractivity contribution in [1.82, 2.24) is 4.90 Å². The van der Waals surface area contributed by atoms with E-state index < -0.39 is 52.0 Å². The second kappa shape index (κ2) is 8.07. The molecule has 10 nitrogen and oxygen atoms in total. The molecule has 34 heavy (non-hydrogen) atoms. The van der Waals surface area contributed by atoms with Gasteiger partial charge in [0.15, 0.2) is 17.2 Å². The zero-order chi connectivity index (χ0) is 25.1. The number of aromatic hydroxyl groups is 1. The number of carbonyl (C=O) groups excluding carboxylic acids is 4. The van der Waals surface area contributed by atoms with Crippen LogP contribution in [0.1, 0.15) is 45.5 Å². The second-order valence-electron chi connectivity index (χ2n) is 9.37. The Morgan fingerprint density at radius 3 is 2.44 bits per heavy atom. The number of amides is 1. The van der Waals surface area contributed by atoms with E-state index in [9.17, 15) is 39.6 Å². The topological polar surface area (TPSA) is 178 Å². The summed E-state index contributed by atoms with van der Waals surface area (Å²) in [6.45, 7) is 0.489. The van der Waals surface area contributed by atoms with Gasteiger partial charge in [0.05, 0.1) is 5.56 Å². The van der Waals surface area contributed by atoms with Crippen molar-refractivity contribution in [2.24, 2.45) is 17.6 Å². The summed E-state index contributed by atoms with van der Waals surface area (Å²) < 4.78 is 0. The molecule has 0 heterocycles. The molecule has 0 fully saturated rings. The van der Waals surface area contributed by atoms with Gasteiger partial charge < -0.3 is 31.1 Å². The molecule has 0 aliphatic heterocycles. The van der Waals surface area contributed by atoms with Gasteiger partial charge in [-0.15, -0.1) is 0 Å². The number of ketones is 3. The first kappa shape index (κ1) is 23.7. The maximum Gasteiger partial charge on any atom is 0.255 e. The Hall–Kier alpha value is -3.50. The molecule has 180 valence electrons. The van der Waals surface area contributed by atoms with Crippen LogP contribution in [0.2, 0.25) is 0 Å². The highest BCUT2D eigenvalue weighted by molar-refractivity contribution is 6.24. The third-order valence-electron chi connectivity index (χ3n) is 7.03. The number of rotatable bonds is 5. The Morgan fingerprint density at radius 1 is 1.15 bits per heavy atom. The molecule has 0 spiro atoms. The summed E-state index contributed by atoms with van der Waals surface area (Å²) in [5, 5.41) is 42.9. The number of hydrogen-bond acceptors (Lipinski definition) is 9. The lowest BCUT2D eigenvalue weighted by atomic mass is 9.60. The summed E-state index contributed by atoms with van der Waals surface area (Å²) >= 11 is 0. The number of phenols is 1. The van der Waals surface area contributed by atoms with E-state index in [0.29, 0.717) is 17.7 Å². The molecule has 3 aliphatic rings. The van der Waals surface area contributed by atoms with Crippen LogP contribution in [-0.4, -0.2) is 74.8 Å². The molecule has 1 aromatic carbocycles.